The normalized spacial score (nSPS) is 20.8. The summed E-state index contributed by atoms with van der Waals surface area (Å²) < 4.78 is 40.3. The van der Waals surface area contributed by atoms with Gasteiger partial charge in [-0.05, 0) is 301 Å². The van der Waals surface area contributed by atoms with E-state index in [4.69, 9.17) is 23.7 Å². The highest BCUT2D eigenvalue weighted by Crippen LogP contribution is 2.38. The van der Waals surface area contributed by atoms with Gasteiger partial charge in [0.05, 0.1) is 43.8 Å². The van der Waals surface area contributed by atoms with Gasteiger partial charge in [0, 0.05) is 113 Å². The highest BCUT2D eigenvalue weighted by atomic mass is 19.1. The number of aliphatic hydroxyl groups is 1. The van der Waals surface area contributed by atoms with E-state index in [2.05, 4.69) is 277 Å². The topological polar surface area (TPSA) is 138 Å². The molecule has 5 N–H and O–H groups in total. The van der Waals surface area contributed by atoms with Gasteiger partial charge in [-0.1, -0.05) is 247 Å². The zero-order valence-corrected chi connectivity index (χ0v) is 84.5. The molecule has 128 heavy (non-hydrogen) atoms. The zero-order valence-electron chi connectivity index (χ0n) is 84.5. The number of morpholine rings is 1. The first kappa shape index (κ1) is 109. The standard InChI is InChI=1S/2C15H23NO.C15H23N.C14H20FNO.C14H21N.C14H26O2.C14H28O.C13H19NO/c1-12(2)13-4-6-14(7-5-13)16(3)15-8-10-17-11-9-15;1-12(2)15-6-4-14(5-7-15)10-16-8-9-17-11-13(16)3;1-12(2)13-8-10-15(11-9-13)16-14-6-4-3-5-7-14;1-10(2)11-3-4-14(13(15)9-11)16-12-5-7-17-8-6-12;1-11(2)12-7-9-14(10-8-12)15-13-5-3-4-6-13;1-4-16-14(15)10-7-12-5-8-13(9-6-12)11(2)3;1-11(2)13-7-5-12(6-8-13)9-10-14(3,4)15;1-10(2)11-3-5-12(6-4-11)14-13-7-8-15-9-13/h4-7,12,15H,8-11H2,1-3H3;4-7,12-13H,8-11H2,1-3H3;8-12,14,16H,3-7H2,1-2H3;3-4,9-10,12,16H,5-8H2,1-2H3;7-11,13,15H,3-6H2,1-2H3;11-13H,4-10H2,1-3H3;11-13,15H,5-10H2,1-4H3;3-6,10,13-14H,7-9H2,1-2H3/t;13-;;;;;;/m.0....../s1. The first-order valence-electron chi connectivity index (χ1n) is 51.3. The van der Waals surface area contributed by atoms with Gasteiger partial charge in [0.2, 0.25) is 0 Å². The number of nitrogens with zero attached hydrogens (tertiary/aromatic N) is 2. The van der Waals surface area contributed by atoms with E-state index in [9.17, 15) is 14.3 Å². The number of halogens is 1. The summed E-state index contributed by atoms with van der Waals surface area (Å²) in [6.45, 7) is 53.2. The van der Waals surface area contributed by atoms with Crippen molar-refractivity contribution < 1.29 is 38.0 Å². The Bertz CT molecular complexity index is 3760. The van der Waals surface area contributed by atoms with Gasteiger partial charge in [-0.2, -0.15) is 0 Å². The van der Waals surface area contributed by atoms with Crippen LogP contribution in [0, 0.1) is 41.3 Å². The van der Waals surface area contributed by atoms with Crippen LogP contribution >= 0.6 is 0 Å². The van der Waals surface area contributed by atoms with Crippen LogP contribution in [0.4, 0.5) is 32.8 Å². The largest absolute Gasteiger partial charge is 0.466 e. The van der Waals surface area contributed by atoms with Crippen LogP contribution in [0.1, 0.15) is 380 Å². The average molecular weight is 1770 g/mol. The maximum atomic E-state index is 13.9. The molecule has 8 aliphatic rings. The number of esters is 1. The molecule has 1 unspecified atom stereocenters. The van der Waals surface area contributed by atoms with Gasteiger partial charge >= 0.3 is 5.97 Å². The van der Waals surface area contributed by atoms with E-state index in [1.54, 1.807) is 6.07 Å². The molecule has 4 saturated carbocycles. The van der Waals surface area contributed by atoms with Crippen molar-refractivity contribution >= 4 is 34.4 Å². The molecule has 4 saturated heterocycles. The van der Waals surface area contributed by atoms with E-state index < -0.39 is 5.60 Å². The molecule has 0 spiro atoms. The van der Waals surface area contributed by atoms with Crippen molar-refractivity contribution in [2.75, 3.05) is 99.2 Å². The highest BCUT2D eigenvalue weighted by molar-refractivity contribution is 5.69. The Hall–Kier alpha value is -6.52. The van der Waals surface area contributed by atoms with Gasteiger partial charge in [-0.15, -0.1) is 0 Å². The van der Waals surface area contributed by atoms with Crippen LogP contribution in [-0.4, -0.2) is 131 Å². The molecule has 14 rings (SSSR count). The Morgan fingerprint density at radius 3 is 1.22 bits per heavy atom. The van der Waals surface area contributed by atoms with Crippen molar-refractivity contribution in [2.24, 2.45) is 35.5 Å². The fourth-order valence-corrected chi connectivity index (χ4v) is 18.7. The van der Waals surface area contributed by atoms with Crippen LogP contribution in [0.15, 0.2) is 140 Å². The lowest BCUT2D eigenvalue weighted by Crippen LogP contribution is -2.42. The number of rotatable bonds is 27. The smallest absolute Gasteiger partial charge is 0.305 e. The highest BCUT2D eigenvalue weighted by Gasteiger charge is 2.28. The van der Waals surface area contributed by atoms with Gasteiger partial charge in [-0.25, -0.2) is 4.39 Å². The molecule has 14 heteroatoms. The van der Waals surface area contributed by atoms with E-state index in [1.165, 1.54) is 172 Å². The number of hydrogen-bond acceptors (Lipinski definition) is 13. The van der Waals surface area contributed by atoms with Crippen molar-refractivity contribution in [3.8, 4) is 0 Å². The molecule has 0 amide bonds. The summed E-state index contributed by atoms with van der Waals surface area (Å²) in [7, 11) is 2.19. The van der Waals surface area contributed by atoms with Crippen LogP contribution in [0.3, 0.4) is 0 Å². The molecule has 2 atom stereocenters. The lowest BCUT2D eigenvalue weighted by molar-refractivity contribution is -0.143. The minimum atomic E-state index is -0.463. The van der Waals surface area contributed by atoms with Crippen molar-refractivity contribution in [2.45, 2.75) is 389 Å². The Labute approximate surface area is 781 Å². The maximum Gasteiger partial charge on any atom is 0.305 e. The molecule has 0 radical (unpaired) electrons. The lowest BCUT2D eigenvalue weighted by Gasteiger charge is -2.33. The summed E-state index contributed by atoms with van der Waals surface area (Å²) in [6, 6.07) is 53.5. The molecule has 4 aliphatic heterocycles. The second kappa shape index (κ2) is 59.2. The molecule has 8 fully saturated rings. The van der Waals surface area contributed by atoms with E-state index in [0.29, 0.717) is 84.4 Å². The molecule has 4 aliphatic carbocycles. The molecular weight excluding hydrogens is 1580 g/mol. The molecular formula is C114H183FN6O7. The Morgan fingerprint density at radius 1 is 0.445 bits per heavy atom. The zero-order chi connectivity index (χ0) is 92.9. The molecule has 4 heterocycles. The number of anilines is 5. The van der Waals surface area contributed by atoms with E-state index in [0.717, 1.165) is 158 Å². The summed E-state index contributed by atoms with van der Waals surface area (Å²) in [4.78, 5) is 16.1. The monoisotopic (exact) mass is 1770 g/mol. The molecule has 0 bridgehead atoms. The first-order chi connectivity index (χ1) is 61.3. The Kier molecular flexibility index (Phi) is 50.2. The molecule has 6 aromatic rings. The van der Waals surface area contributed by atoms with E-state index >= 15 is 0 Å². The van der Waals surface area contributed by atoms with Gasteiger partial charge in [-0.3, -0.25) is 9.69 Å². The number of carbonyl (C=O) groups excluding carboxylic acids is 1. The molecule has 0 aromatic heterocycles. The maximum absolute atomic E-state index is 13.9. The third-order valence-corrected chi connectivity index (χ3v) is 28.1. The van der Waals surface area contributed by atoms with Crippen molar-refractivity contribution in [1.29, 1.82) is 0 Å². The number of ether oxygens (including phenoxy) is 5. The summed E-state index contributed by atoms with van der Waals surface area (Å²) in [5.41, 5.74) is 14.8. The number of hydrogen-bond donors (Lipinski definition) is 5. The van der Waals surface area contributed by atoms with Crippen LogP contribution in [0.2, 0.25) is 0 Å². The van der Waals surface area contributed by atoms with Gasteiger partial charge in [0.15, 0.2) is 0 Å². The fraction of sp³-hybridized carbons (Fsp3) is 0.675. The van der Waals surface area contributed by atoms with Crippen LogP contribution in [-0.2, 0) is 35.0 Å². The molecule has 13 nitrogen and oxygen atoms in total. The molecule has 718 valence electrons. The minimum absolute atomic E-state index is 0.0199. The predicted molar refractivity (Wildman–Crippen MR) is 545 cm³/mol. The number of nitrogens with one attached hydrogen (secondary N) is 4. The summed E-state index contributed by atoms with van der Waals surface area (Å²) >= 11 is 0. The predicted octanol–water partition coefficient (Wildman–Crippen LogP) is 29.5. The van der Waals surface area contributed by atoms with Crippen LogP contribution < -0.4 is 26.2 Å². The summed E-state index contributed by atoms with van der Waals surface area (Å²) in [6.07, 6.45) is 32.4. The number of benzene rings is 6. The quantitative estimate of drug-likeness (QED) is 0.0313. The average Bonchev–Trinajstić information content (AvgIpc) is 0.896. The van der Waals surface area contributed by atoms with Crippen molar-refractivity contribution in [1.82, 2.24) is 4.90 Å². The van der Waals surface area contributed by atoms with Gasteiger partial charge < -0.3 is 55.0 Å². The minimum Gasteiger partial charge on any atom is -0.466 e. The summed E-state index contributed by atoms with van der Waals surface area (Å²) in [5, 5.41) is 23.7. The van der Waals surface area contributed by atoms with Crippen LogP contribution in [0.25, 0.3) is 0 Å². The molecule has 6 aromatic carbocycles. The first-order valence-corrected chi connectivity index (χ1v) is 51.3. The Balaban J connectivity index is 0.000000201. The van der Waals surface area contributed by atoms with Crippen molar-refractivity contribution in [3.63, 3.8) is 0 Å². The van der Waals surface area contributed by atoms with Crippen LogP contribution in [0.5, 0.6) is 0 Å². The van der Waals surface area contributed by atoms with Gasteiger partial charge in [0.1, 0.15) is 5.82 Å². The fourth-order valence-electron chi connectivity index (χ4n) is 18.7. The van der Waals surface area contributed by atoms with E-state index in [-0.39, 0.29) is 11.8 Å². The second-order valence-corrected chi connectivity index (χ2v) is 41.8. The second-order valence-electron chi connectivity index (χ2n) is 41.8. The van der Waals surface area contributed by atoms with Gasteiger partial charge in [0.25, 0.3) is 0 Å². The lowest BCUT2D eigenvalue weighted by atomic mass is 9.75. The Morgan fingerprint density at radius 2 is 0.820 bits per heavy atom. The number of carbonyl (C=O) groups is 1. The summed E-state index contributed by atoms with van der Waals surface area (Å²) in [5.74, 6) is 8.49. The third kappa shape index (κ3) is 42.1. The third-order valence-electron chi connectivity index (χ3n) is 28.1. The SMILES string of the molecule is CC(C)C1CCC(CCC(C)(C)O)CC1.CC(C)c1ccc(CN2CCOC[C@@H]2C)cc1.CC(C)c1ccc(N(C)C2CCOCC2)cc1.CC(C)c1ccc(NC2CCCC2)cc1.CC(C)c1ccc(NC2CCCCC2)cc1.CC(C)c1ccc(NC2CCOC2)cc1.CC(C)c1ccc(NC2CCOCC2)c(F)c1.CCOC(=O)CCC1CCC(C(C)C)CC1. The van der Waals surface area contributed by atoms with E-state index in [1.807, 2.05) is 32.9 Å². The van der Waals surface area contributed by atoms with Crippen molar-refractivity contribution in [3.05, 3.63) is 184 Å².